The molecule has 0 bridgehead atoms. The number of carbonyl (C=O) groups excluding carboxylic acids is 3. The van der Waals surface area contributed by atoms with Gasteiger partial charge in [-0.25, -0.2) is 9.59 Å². The van der Waals surface area contributed by atoms with Gasteiger partial charge in [0.15, 0.2) is 0 Å². The molecule has 182 valence electrons. The summed E-state index contributed by atoms with van der Waals surface area (Å²) in [4.78, 5) is 38.5. The van der Waals surface area contributed by atoms with Crippen molar-refractivity contribution in [1.82, 2.24) is 10.2 Å². The second kappa shape index (κ2) is 12.2. The summed E-state index contributed by atoms with van der Waals surface area (Å²) in [7, 11) is 1.53. The third-order valence-electron chi connectivity index (χ3n) is 5.38. The van der Waals surface area contributed by atoms with Gasteiger partial charge in [0.25, 0.3) is 0 Å². The second-order valence-electron chi connectivity index (χ2n) is 7.84. The molecular weight excluding hydrogens is 460 g/mol. The Labute approximate surface area is 203 Å². The van der Waals surface area contributed by atoms with Crippen LogP contribution in [0.2, 0.25) is 5.02 Å². The van der Waals surface area contributed by atoms with Gasteiger partial charge in [0, 0.05) is 29.8 Å². The Bertz CT molecular complexity index is 1010. The van der Waals surface area contributed by atoms with Gasteiger partial charge in [-0.2, -0.15) is 0 Å². The Morgan fingerprint density at radius 3 is 2.41 bits per heavy atom. The Morgan fingerprint density at radius 1 is 1.06 bits per heavy atom. The first-order valence-electron chi connectivity index (χ1n) is 11.1. The van der Waals surface area contributed by atoms with Crippen molar-refractivity contribution in [2.45, 2.75) is 25.8 Å². The van der Waals surface area contributed by atoms with Gasteiger partial charge < -0.3 is 25.4 Å². The number of piperidine rings is 1. The SMILES string of the molecule is CCOC(=O)c1ccc(NC(=O)NC2CCN(CC(=O)Nc3cc(Cl)ccc3OC)CC2)cc1. The molecule has 3 rings (SSSR count). The zero-order valence-corrected chi connectivity index (χ0v) is 20.0. The van der Waals surface area contributed by atoms with Crippen LogP contribution in [-0.2, 0) is 9.53 Å². The monoisotopic (exact) mass is 488 g/mol. The van der Waals surface area contributed by atoms with Crippen molar-refractivity contribution in [2.24, 2.45) is 0 Å². The van der Waals surface area contributed by atoms with Gasteiger partial charge in [-0.05, 0) is 62.2 Å². The van der Waals surface area contributed by atoms with Crippen LogP contribution in [0.1, 0.15) is 30.1 Å². The molecule has 0 radical (unpaired) electrons. The molecule has 1 aliphatic heterocycles. The maximum Gasteiger partial charge on any atom is 0.338 e. The van der Waals surface area contributed by atoms with E-state index in [-0.39, 0.29) is 24.5 Å². The normalized spacial score (nSPS) is 14.2. The topological polar surface area (TPSA) is 109 Å². The van der Waals surface area contributed by atoms with Crippen LogP contribution >= 0.6 is 11.6 Å². The number of methoxy groups -OCH3 is 1. The van der Waals surface area contributed by atoms with Gasteiger partial charge in [-0.15, -0.1) is 0 Å². The standard InChI is InChI=1S/C24H29ClN4O5/c1-3-34-23(31)16-4-7-18(8-5-16)26-24(32)27-19-10-12-29(13-11-19)15-22(30)28-20-14-17(25)6-9-21(20)33-2/h4-9,14,19H,3,10-13,15H2,1-2H3,(H,28,30)(H2,26,27,32). The van der Waals surface area contributed by atoms with E-state index in [2.05, 4.69) is 16.0 Å². The largest absolute Gasteiger partial charge is 0.495 e. The van der Waals surface area contributed by atoms with Gasteiger partial charge >= 0.3 is 12.0 Å². The molecule has 1 heterocycles. The van der Waals surface area contributed by atoms with Crippen LogP contribution in [0.5, 0.6) is 5.75 Å². The van der Waals surface area contributed by atoms with E-state index in [0.717, 1.165) is 12.8 Å². The van der Waals surface area contributed by atoms with E-state index in [0.29, 0.717) is 47.4 Å². The highest BCUT2D eigenvalue weighted by atomic mass is 35.5. The van der Waals surface area contributed by atoms with Crippen molar-refractivity contribution < 1.29 is 23.9 Å². The van der Waals surface area contributed by atoms with Crippen LogP contribution in [0.3, 0.4) is 0 Å². The molecule has 2 aromatic rings. The lowest BCUT2D eigenvalue weighted by atomic mass is 10.1. The highest BCUT2D eigenvalue weighted by molar-refractivity contribution is 6.31. The van der Waals surface area contributed by atoms with E-state index in [9.17, 15) is 14.4 Å². The molecule has 0 aliphatic carbocycles. The van der Waals surface area contributed by atoms with Crippen LogP contribution in [-0.4, -0.2) is 62.2 Å². The van der Waals surface area contributed by atoms with Gasteiger partial charge in [-0.1, -0.05) is 11.6 Å². The summed E-state index contributed by atoms with van der Waals surface area (Å²) in [6, 6.07) is 11.3. The molecular formula is C24H29ClN4O5. The molecule has 0 unspecified atom stereocenters. The number of esters is 1. The molecule has 3 N–H and O–H groups in total. The first kappa shape index (κ1) is 25.3. The molecule has 1 saturated heterocycles. The molecule has 1 fully saturated rings. The van der Waals surface area contributed by atoms with E-state index in [1.165, 1.54) is 7.11 Å². The van der Waals surface area contributed by atoms with Crippen LogP contribution in [0.25, 0.3) is 0 Å². The van der Waals surface area contributed by atoms with Crippen LogP contribution < -0.4 is 20.7 Å². The van der Waals surface area contributed by atoms with Crippen molar-refractivity contribution in [3.8, 4) is 5.75 Å². The van der Waals surface area contributed by atoms with E-state index in [1.807, 2.05) is 4.90 Å². The average molecular weight is 489 g/mol. The average Bonchev–Trinajstić information content (AvgIpc) is 2.81. The highest BCUT2D eigenvalue weighted by Crippen LogP contribution is 2.27. The van der Waals surface area contributed by atoms with Crippen molar-refractivity contribution in [3.05, 3.63) is 53.1 Å². The number of hydrogen-bond acceptors (Lipinski definition) is 6. The number of halogens is 1. The lowest BCUT2D eigenvalue weighted by Gasteiger charge is -2.31. The fourth-order valence-electron chi connectivity index (χ4n) is 3.66. The minimum absolute atomic E-state index is 0.00569. The number of amides is 3. The van der Waals surface area contributed by atoms with E-state index in [4.69, 9.17) is 21.1 Å². The third kappa shape index (κ3) is 7.36. The molecule has 0 aromatic heterocycles. The molecule has 0 spiro atoms. The summed E-state index contributed by atoms with van der Waals surface area (Å²) >= 11 is 6.01. The number of benzene rings is 2. The maximum atomic E-state index is 12.5. The van der Waals surface area contributed by atoms with Gasteiger partial charge in [0.1, 0.15) is 5.75 Å². The van der Waals surface area contributed by atoms with E-state index >= 15 is 0 Å². The van der Waals surface area contributed by atoms with E-state index in [1.54, 1.807) is 49.4 Å². The molecule has 9 nitrogen and oxygen atoms in total. The first-order valence-corrected chi connectivity index (χ1v) is 11.5. The predicted octanol–water partition coefficient (Wildman–Crippen LogP) is 3.75. The fraction of sp³-hybridized carbons (Fsp3) is 0.375. The fourth-order valence-corrected chi connectivity index (χ4v) is 3.83. The summed E-state index contributed by atoms with van der Waals surface area (Å²) in [5, 5.41) is 9.08. The molecule has 0 saturated carbocycles. The summed E-state index contributed by atoms with van der Waals surface area (Å²) in [6.07, 6.45) is 1.45. The maximum absolute atomic E-state index is 12.5. The van der Waals surface area contributed by atoms with Crippen LogP contribution in [0.4, 0.5) is 16.2 Å². The minimum atomic E-state index is -0.398. The van der Waals surface area contributed by atoms with Crippen molar-refractivity contribution in [3.63, 3.8) is 0 Å². The number of hydrogen-bond donors (Lipinski definition) is 3. The van der Waals surface area contributed by atoms with Crippen molar-refractivity contribution >= 4 is 40.9 Å². The molecule has 2 aromatic carbocycles. The summed E-state index contributed by atoms with van der Waals surface area (Å²) in [5.41, 5.74) is 1.54. The zero-order chi connectivity index (χ0) is 24.5. The molecule has 10 heteroatoms. The lowest BCUT2D eigenvalue weighted by molar-refractivity contribution is -0.117. The van der Waals surface area contributed by atoms with Crippen LogP contribution in [0.15, 0.2) is 42.5 Å². The Balaban J connectivity index is 1.41. The number of urea groups is 1. The molecule has 3 amide bonds. The Kier molecular flexibility index (Phi) is 9.12. The lowest BCUT2D eigenvalue weighted by Crippen LogP contribution is -2.47. The van der Waals surface area contributed by atoms with Crippen molar-refractivity contribution in [1.29, 1.82) is 0 Å². The zero-order valence-electron chi connectivity index (χ0n) is 19.2. The highest BCUT2D eigenvalue weighted by Gasteiger charge is 2.22. The molecule has 0 atom stereocenters. The Morgan fingerprint density at radius 2 is 1.76 bits per heavy atom. The number of ether oxygens (including phenoxy) is 2. The minimum Gasteiger partial charge on any atom is -0.495 e. The predicted molar refractivity (Wildman–Crippen MR) is 131 cm³/mol. The number of likely N-dealkylation sites (tertiary alicyclic amines) is 1. The summed E-state index contributed by atoms with van der Waals surface area (Å²) in [6.45, 7) is 3.65. The van der Waals surface area contributed by atoms with Crippen molar-refractivity contribution in [2.75, 3.05) is 44.0 Å². The first-order chi connectivity index (χ1) is 16.4. The number of anilines is 2. The third-order valence-corrected chi connectivity index (χ3v) is 5.61. The summed E-state index contributed by atoms with van der Waals surface area (Å²) in [5.74, 6) is -0.0103. The number of carbonyl (C=O) groups is 3. The van der Waals surface area contributed by atoms with E-state index < -0.39 is 5.97 Å². The molecule has 1 aliphatic rings. The second-order valence-corrected chi connectivity index (χ2v) is 8.28. The van der Waals surface area contributed by atoms with Crippen LogP contribution in [0, 0.1) is 0 Å². The number of nitrogens with zero attached hydrogens (tertiary/aromatic N) is 1. The van der Waals surface area contributed by atoms with Gasteiger partial charge in [0.05, 0.1) is 31.5 Å². The number of rotatable bonds is 8. The number of nitrogens with one attached hydrogen (secondary N) is 3. The van der Waals surface area contributed by atoms with Gasteiger partial charge in [0.2, 0.25) is 5.91 Å². The quantitative estimate of drug-likeness (QED) is 0.488. The molecule has 34 heavy (non-hydrogen) atoms. The Hall–Kier alpha value is -3.30. The smallest absolute Gasteiger partial charge is 0.338 e. The summed E-state index contributed by atoms with van der Waals surface area (Å²) < 4.78 is 10.2. The van der Waals surface area contributed by atoms with Gasteiger partial charge in [-0.3, -0.25) is 9.69 Å².